The normalized spacial score (nSPS) is 31.2. The number of carbonyl (C=O) groups is 1. The Morgan fingerprint density at radius 2 is 1.69 bits per heavy atom. The summed E-state index contributed by atoms with van der Waals surface area (Å²) in [4.78, 5) is 11.7. The van der Waals surface area contributed by atoms with Gasteiger partial charge in [-0.25, -0.2) is 0 Å². The molecule has 0 bridgehead atoms. The van der Waals surface area contributed by atoms with E-state index in [-0.39, 0.29) is 22.2 Å². The first-order valence-corrected chi connectivity index (χ1v) is 4.77. The van der Waals surface area contributed by atoms with Crippen LogP contribution in [0.15, 0.2) is 0 Å². The molecular weight excluding hydrogens is 164 g/mol. The Kier molecular flexibility index (Phi) is 2.02. The number of hydrogen-bond acceptors (Lipinski definition) is 2. The molecule has 2 nitrogen and oxygen atoms in total. The lowest BCUT2D eigenvalue weighted by atomic mass is 9.73. The van der Waals surface area contributed by atoms with E-state index in [4.69, 9.17) is 4.74 Å². The highest BCUT2D eigenvalue weighted by Crippen LogP contribution is 2.71. The van der Waals surface area contributed by atoms with Crippen LogP contribution in [0.3, 0.4) is 0 Å². The van der Waals surface area contributed by atoms with Crippen LogP contribution >= 0.6 is 0 Å². The molecule has 0 radical (unpaired) electrons. The Bertz CT molecular complexity index is 235. The molecule has 13 heavy (non-hydrogen) atoms. The highest BCUT2D eigenvalue weighted by Gasteiger charge is 2.72. The van der Waals surface area contributed by atoms with Gasteiger partial charge in [0, 0.05) is 0 Å². The summed E-state index contributed by atoms with van der Waals surface area (Å²) in [6.07, 6.45) is 0.941. The number of rotatable bonds is 1. The van der Waals surface area contributed by atoms with Crippen molar-refractivity contribution in [1.29, 1.82) is 0 Å². The summed E-state index contributed by atoms with van der Waals surface area (Å²) >= 11 is 0. The third-order valence-corrected chi connectivity index (χ3v) is 3.55. The van der Waals surface area contributed by atoms with Gasteiger partial charge < -0.3 is 4.74 Å². The monoisotopic (exact) mass is 184 g/mol. The van der Waals surface area contributed by atoms with Crippen molar-refractivity contribution in [1.82, 2.24) is 0 Å². The first-order valence-electron chi connectivity index (χ1n) is 4.77. The van der Waals surface area contributed by atoms with Crippen molar-refractivity contribution < 1.29 is 9.53 Å². The van der Waals surface area contributed by atoms with E-state index < -0.39 is 0 Å². The molecule has 0 N–H and O–H groups in total. The fourth-order valence-electron chi connectivity index (χ4n) is 2.73. The Morgan fingerprint density at radius 3 is 1.77 bits per heavy atom. The van der Waals surface area contributed by atoms with Crippen LogP contribution < -0.4 is 0 Å². The SMILES string of the molecule is COC(=O)C1(C(C)(C)C)CC1(C)C. The van der Waals surface area contributed by atoms with Crippen LogP contribution in [-0.4, -0.2) is 13.1 Å². The van der Waals surface area contributed by atoms with Crippen molar-refractivity contribution in [2.75, 3.05) is 7.11 Å². The fourth-order valence-corrected chi connectivity index (χ4v) is 2.73. The topological polar surface area (TPSA) is 26.3 Å². The molecule has 1 aliphatic rings. The molecule has 0 aromatic rings. The molecule has 0 heterocycles. The summed E-state index contributed by atoms with van der Waals surface area (Å²) in [7, 11) is 1.48. The number of esters is 1. The quantitative estimate of drug-likeness (QED) is 0.585. The molecule has 0 aromatic heterocycles. The van der Waals surface area contributed by atoms with Gasteiger partial charge in [0.25, 0.3) is 0 Å². The lowest BCUT2D eigenvalue weighted by molar-refractivity contribution is -0.153. The fraction of sp³-hybridized carbons (Fsp3) is 0.909. The van der Waals surface area contributed by atoms with Crippen LogP contribution in [0.4, 0.5) is 0 Å². The smallest absolute Gasteiger partial charge is 0.312 e. The summed E-state index contributed by atoms with van der Waals surface area (Å²) in [6.45, 7) is 10.6. The average Bonchev–Trinajstić information content (AvgIpc) is 2.53. The molecule has 1 aliphatic carbocycles. The zero-order valence-electron chi connectivity index (χ0n) is 9.52. The molecule has 2 heteroatoms. The Balaban J connectivity index is 3.02. The summed E-state index contributed by atoms with van der Waals surface area (Å²) in [5.74, 6) is -0.0509. The van der Waals surface area contributed by atoms with E-state index in [1.54, 1.807) is 0 Å². The minimum absolute atomic E-state index is 0.0103. The van der Waals surface area contributed by atoms with Gasteiger partial charge in [-0.2, -0.15) is 0 Å². The van der Waals surface area contributed by atoms with E-state index in [1.807, 2.05) is 0 Å². The Labute approximate surface area is 80.7 Å². The first kappa shape index (κ1) is 10.6. The van der Waals surface area contributed by atoms with Gasteiger partial charge in [-0.15, -0.1) is 0 Å². The van der Waals surface area contributed by atoms with Crippen LogP contribution in [-0.2, 0) is 9.53 Å². The van der Waals surface area contributed by atoms with E-state index in [1.165, 1.54) is 7.11 Å². The molecule has 1 unspecified atom stereocenters. The molecule has 0 spiro atoms. The second-order valence-electron chi connectivity index (χ2n) is 5.71. The van der Waals surface area contributed by atoms with Gasteiger partial charge in [0.1, 0.15) is 0 Å². The van der Waals surface area contributed by atoms with Gasteiger partial charge in [0.2, 0.25) is 0 Å². The molecule has 76 valence electrons. The molecule has 0 amide bonds. The summed E-state index contributed by atoms with van der Waals surface area (Å²) < 4.78 is 4.90. The lowest BCUT2D eigenvalue weighted by Gasteiger charge is -2.31. The van der Waals surface area contributed by atoms with Gasteiger partial charge in [-0.3, -0.25) is 4.79 Å². The zero-order valence-corrected chi connectivity index (χ0v) is 9.52. The van der Waals surface area contributed by atoms with E-state index in [2.05, 4.69) is 34.6 Å². The Hall–Kier alpha value is -0.530. The van der Waals surface area contributed by atoms with Crippen LogP contribution in [0, 0.1) is 16.2 Å². The maximum absolute atomic E-state index is 11.7. The van der Waals surface area contributed by atoms with Gasteiger partial charge >= 0.3 is 5.97 Å². The lowest BCUT2D eigenvalue weighted by Crippen LogP contribution is -2.35. The minimum atomic E-state index is -0.269. The molecule has 0 aromatic carbocycles. The standard InChI is InChI=1S/C11H20O2/c1-9(2,3)11(8(12)13-6)7-10(11,4)5/h7H2,1-6H3. The molecular formula is C11H20O2. The molecule has 1 fully saturated rings. The predicted molar refractivity (Wildman–Crippen MR) is 52.3 cm³/mol. The number of carbonyl (C=O) groups excluding carboxylic acids is 1. The van der Waals surface area contributed by atoms with Gasteiger partial charge in [0.05, 0.1) is 12.5 Å². The molecule has 1 rings (SSSR count). The van der Waals surface area contributed by atoms with Crippen LogP contribution in [0.1, 0.15) is 41.0 Å². The van der Waals surface area contributed by atoms with Crippen molar-refractivity contribution in [3.8, 4) is 0 Å². The van der Waals surface area contributed by atoms with Crippen molar-refractivity contribution in [3.63, 3.8) is 0 Å². The summed E-state index contributed by atoms with van der Waals surface area (Å²) in [5.41, 5.74) is -0.184. The van der Waals surface area contributed by atoms with Gasteiger partial charge in [0.15, 0.2) is 0 Å². The number of methoxy groups -OCH3 is 1. The van der Waals surface area contributed by atoms with Gasteiger partial charge in [-0.1, -0.05) is 34.6 Å². The summed E-state index contributed by atoms with van der Waals surface area (Å²) in [5, 5.41) is 0. The summed E-state index contributed by atoms with van der Waals surface area (Å²) in [6, 6.07) is 0. The molecule has 0 aliphatic heterocycles. The largest absolute Gasteiger partial charge is 0.469 e. The van der Waals surface area contributed by atoms with Gasteiger partial charge in [-0.05, 0) is 17.3 Å². The van der Waals surface area contributed by atoms with E-state index in [9.17, 15) is 4.79 Å². The maximum atomic E-state index is 11.7. The zero-order chi connectivity index (χ0) is 10.5. The maximum Gasteiger partial charge on any atom is 0.312 e. The molecule has 0 saturated heterocycles. The third kappa shape index (κ3) is 1.18. The highest BCUT2D eigenvalue weighted by atomic mass is 16.5. The van der Waals surface area contributed by atoms with Crippen molar-refractivity contribution in [2.45, 2.75) is 41.0 Å². The van der Waals surface area contributed by atoms with E-state index >= 15 is 0 Å². The molecule has 1 atom stereocenters. The van der Waals surface area contributed by atoms with Crippen molar-refractivity contribution in [2.24, 2.45) is 16.2 Å². The Morgan fingerprint density at radius 1 is 1.31 bits per heavy atom. The van der Waals surface area contributed by atoms with E-state index in [0.29, 0.717) is 0 Å². The second-order valence-corrected chi connectivity index (χ2v) is 5.71. The predicted octanol–water partition coefficient (Wildman–Crippen LogP) is 2.62. The second kappa shape index (κ2) is 2.49. The molecule has 1 saturated carbocycles. The number of hydrogen-bond donors (Lipinski definition) is 0. The van der Waals surface area contributed by atoms with Crippen LogP contribution in [0.5, 0.6) is 0 Å². The van der Waals surface area contributed by atoms with Crippen molar-refractivity contribution in [3.05, 3.63) is 0 Å². The van der Waals surface area contributed by atoms with E-state index in [0.717, 1.165) is 6.42 Å². The minimum Gasteiger partial charge on any atom is -0.469 e. The average molecular weight is 184 g/mol. The highest BCUT2D eigenvalue weighted by molar-refractivity contribution is 5.82. The van der Waals surface area contributed by atoms with Crippen LogP contribution in [0.25, 0.3) is 0 Å². The first-order chi connectivity index (χ1) is 5.69. The van der Waals surface area contributed by atoms with Crippen molar-refractivity contribution >= 4 is 5.97 Å². The van der Waals surface area contributed by atoms with Crippen LogP contribution in [0.2, 0.25) is 0 Å². The number of ether oxygens (including phenoxy) is 1. The third-order valence-electron chi connectivity index (χ3n) is 3.55.